The normalized spacial score (nSPS) is 16.9. The minimum Gasteiger partial charge on any atom is -0.380 e. The van der Waals surface area contributed by atoms with Gasteiger partial charge in [-0.3, -0.25) is 0 Å². The van der Waals surface area contributed by atoms with Gasteiger partial charge in [-0.15, -0.1) is 0 Å². The maximum atomic E-state index is 14.0. The molecule has 0 unspecified atom stereocenters. The second kappa shape index (κ2) is 4.90. The molecule has 0 amide bonds. The molecule has 0 spiro atoms. The summed E-state index contributed by atoms with van der Waals surface area (Å²) in [6.45, 7) is 0. The maximum Gasteiger partial charge on any atom is 0.175 e. The standard InChI is InChI=1S/C15H17FN2O2/c1-19-15(7-4-8-15)9-12-13(14(17)18-20-12)10-5-2-3-6-11(10)16/h2-3,5-6H,4,7-9H2,1H3,(H2,17,18). The van der Waals surface area contributed by atoms with Gasteiger partial charge in [0.2, 0.25) is 0 Å². The van der Waals surface area contributed by atoms with Gasteiger partial charge < -0.3 is 15.0 Å². The SMILES string of the molecule is COC1(Cc2onc(N)c2-c2ccccc2F)CCC1. The van der Waals surface area contributed by atoms with Crippen molar-refractivity contribution in [2.75, 3.05) is 12.8 Å². The number of halogens is 1. The minimum absolute atomic E-state index is 0.216. The fourth-order valence-electron chi connectivity index (χ4n) is 2.73. The van der Waals surface area contributed by atoms with Crippen LogP contribution in [0.15, 0.2) is 28.8 Å². The van der Waals surface area contributed by atoms with Crippen LogP contribution >= 0.6 is 0 Å². The lowest BCUT2D eigenvalue weighted by molar-refractivity contribution is -0.0742. The summed E-state index contributed by atoms with van der Waals surface area (Å²) in [5, 5.41) is 3.79. The summed E-state index contributed by atoms with van der Waals surface area (Å²) in [5.41, 5.74) is 6.60. The molecule has 1 aromatic heterocycles. The zero-order valence-electron chi connectivity index (χ0n) is 11.4. The van der Waals surface area contributed by atoms with E-state index in [0.29, 0.717) is 23.3 Å². The van der Waals surface area contributed by atoms with E-state index in [1.54, 1.807) is 25.3 Å². The first-order valence-corrected chi connectivity index (χ1v) is 6.69. The molecule has 1 aliphatic carbocycles. The van der Waals surface area contributed by atoms with Crippen molar-refractivity contribution in [3.8, 4) is 11.1 Å². The summed E-state index contributed by atoms with van der Waals surface area (Å²) in [4.78, 5) is 0. The molecule has 1 fully saturated rings. The summed E-state index contributed by atoms with van der Waals surface area (Å²) in [7, 11) is 1.70. The Balaban J connectivity index is 2.00. The Morgan fingerprint density at radius 2 is 2.15 bits per heavy atom. The molecule has 0 radical (unpaired) electrons. The molecule has 1 aromatic carbocycles. The Morgan fingerprint density at radius 1 is 1.40 bits per heavy atom. The molecule has 5 heteroatoms. The molecular formula is C15H17FN2O2. The predicted molar refractivity (Wildman–Crippen MR) is 73.6 cm³/mol. The fraction of sp³-hybridized carbons (Fsp3) is 0.400. The van der Waals surface area contributed by atoms with Crippen LogP contribution in [-0.4, -0.2) is 17.9 Å². The molecule has 0 atom stereocenters. The second-order valence-corrected chi connectivity index (χ2v) is 5.26. The van der Waals surface area contributed by atoms with E-state index in [-0.39, 0.29) is 17.2 Å². The van der Waals surface area contributed by atoms with Crippen molar-refractivity contribution in [2.24, 2.45) is 0 Å². The van der Waals surface area contributed by atoms with E-state index in [9.17, 15) is 4.39 Å². The van der Waals surface area contributed by atoms with Crippen LogP contribution in [0.25, 0.3) is 11.1 Å². The monoisotopic (exact) mass is 276 g/mol. The number of nitrogens with zero attached hydrogens (tertiary/aromatic N) is 1. The summed E-state index contributed by atoms with van der Waals surface area (Å²) >= 11 is 0. The quantitative estimate of drug-likeness (QED) is 0.931. The summed E-state index contributed by atoms with van der Waals surface area (Å²) in [5.74, 6) is 0.480. The van der Waals surface area contributed by atoms with Gasteiger partial charge in [-0.05, 0) is 25.3 Å². The van der Waals surface area contributed by atoms with Crippen LogP contribution in [0.1, 0.15) is 25.0 Å². The van der Waals surface area contributed by atoms with E-state index in [4.69, 9.17) is 15.0 Å². The molecule has 1 saturated carbocycles. The van der Waals surface area contributed by atoms with Crippen molar-refractivity contribution < 1.29 is 13.7 Å². The average Bonchev–Trinajstić information content (AvgIpc) is 2.76. The van der Waals surface area contributed by atoms with Crippen LogP contribution in [0.4, 0.5) is 10.2 Å². The highest BCUT2D eigenvalue weighted by Gasteiger charge is 2.39. The Bertz CT molecular complexity index is 615. The van der Waals surface area contributed by atoms with Gasteiger partial charge in [-0.2, -0.15) is 0 Å². The van der Waals surface area contributed by atoms with Crippen LogP contribution in [0.2, 0.25) is 0 Å². The van der Waals surface area contributed by atoms with Crippen LogP contribution in [0.3, 0.4) is 0 Å². The second-order valence-electron chi connectivity index (χ2n) is 5.26. The van der Waals surface area contributed by atoms with E-state index in [2.05, 4.69) is 5.16 Å². The van der Waals surface area contributed by atoms with Gasteiger partial charge in [0.1, 0.15) is 11.6 Å². The fourth-order valence-corrected chi connectivity index (χ4v) is 2.73. The van der Waals surface area contributed by atoms with Gasteiger partial charge >= 0.3 is 0 Å². The highest BCUT2D eigenvalue weighted by molar-refractivity contribution is 5.76. The van der Waals surface area contributed by atoms with Crippen LogP contribution in [-0.2, 0) is 11.2 Å². The Labute approximate surface area is 116 Å². The molecule has 2 N–H and O–H groups in total. The third-order valence-electron chi connectivity index (χ3n) is 4.11. The number of nitrogen functional groups attached to an aromatic ring is 1. The maximum absolute atomic E-state index is 14.0. The van der Waals surface area contributed by atoms with Crippen molar-refractivity contribution in [2.45, 2.75) is 31.3 Å². The smallest absolute Gasteiger partial charge is 0.175 e. The topological polar surface area (TPSA) is 61.3 Å². The lowest BCUT2D eigenvalue weighted by Crippen LogP contribution is -2.41. The molecule has 2 aromatic rings. The third-order valence-corrected chi connectivity index (χ3v) is 4.11. The molecule has 4 nitrogen and oxygen atoms in total. The largest absolute Gasteiger partial charge is 0.380 e. The van der Waals surface area contributed by atoms with E-state index in [1.807, 2.05) is 0 Å². The minimum atomic E-state index is -0.330. The van der Waals surface area contributed by atoms with E-state index in [1.165, 1.54) is 6.07 Å². The molecule has 1 aliphatic rings. The van der Waals surface area contributed by atoms with Gasteiger partial charge in [0.05, 0.1) is 11.2 Å². The van der Waals surface area contributed by atoms with Crippen molar-refractivity contribution in [1.29, 1.82) is 0 Å². The number of rotatable bonds is 4. The highest BCUT2D eigenvalue weighted by Crippen LogP contribution is 2.41. The first-order chi connectivity index (χ1) is 9.65. The zero-order chi connectivity index (χ0) is 14.2. The summed E-state index contributed by atoms with van der Waals surface area (Å²) in [6.07, 6.45) is 3.64. The number of nitrogens with two attached hydrogens (primary N) is 1. The lowest BCUT2D eigenvalue weighted by atomic mass is 9.76. The van der Waals surface area contributed by atoms with Crippen LogP contribution in [0, 0.1) is 5.82 Å². The molecule has 3 rings (SSSR count). The molecule has 106 valence electrons. The Hall–Kier alpha value is -1.88. The number of ether oxygens (including phenoxy) is 1. The first-order valence-electron chi connectivity index (χ1n) is 6.69. The van der Waals surface area contributed by atoms with Crippen LogP contribution < -0.4 is 5.73 Å². The van der Waals surface area contributed by atoms with Gasteiger partial charge in [0.15, 0.2) is 5.82 Å². The number of benzene rings is 1. The van der Waals surface area contributed by atoms with Crippen LogP contribution in [0.5, 0.6) is 0 Å². The zero-order valence-corrected chi connectivity index (χ0v) is 11.4. The third kappa shape index (κ3) is 2.08. The first kappa shape index (κ1) is 13.1. The van der Waals surface area contributed by atoms with E-state index >= 15 is 0 Å². The van der Waals surface area contributed by atoms with Gasteiger partial charge in [0, 0.05) is 19.1 Å². The Morgan fingerprint density at radius 3 is 2.75 bits per heavy atom. The number of hydrogen-bond acceptors (Lipinski definition) is 4. The number of methoxy groups -OCH3 is 1. The number of anilines is 1. The van der Waals surface area contributed by atoms with Crippen molar-refractivity contribution in [3.63, 3.8) is 0 Å². The Kier molecular flexibility index (Phi) is 3.22. The molecule has 0 saturated heterocycles. The molecule has 20 heavy (non-hydrogen) atoms. The highest BCUT2D eigenvalue weighted by atomic mass is 19.1. The summed E-state index contributed by atoms with van der Waals surface area (Å²) in [6, 6.07) is 6.50. The average molecular weight is 276 g/mol. The number of aromatic nitrogens is 1. The lowest BCUT2D eigenvalue weighted by Gasteiger charge is -2.39. The number of hydrogen-bond donors (Lipinski definition) is 1. The van der Waals surface area contributed by atoms with E-state index < -0.39 is 0 Å². The van der Waals surface area contributed by atoms with Crippen molar-refractivity contribution >= 4 is 5.82 Å². The van der Waals surface area contributed by atoms with E-state index in [0.717, 1.165) is 19.3 Å². The van der Waals surface area contributed by atoms with Gasteiger partial charge in [-0.25, -0.2) is 4.39 Å². The summed E-state index contributed by atoms with van der Waals surface area (Å²) < 4.78 is 24.9. The molecule has 1 heterocycles. The molecular weight excluding hydrogens is 259 g/mol. The predicted octanol–water partition coefficient (Wildman–Crippen LogP) is 3.17. The van der Waals surface area contributed by atoms with Gasteiger partial charge in [-0.1, -0.05) is 23.4 Å². The molecule has 0 bridgehead atoms. The van der Waals surface area contributed by atoms with Crippen molar-refractivity contribution in [1.82, 2.24) is 5.16 Å². The molecule has 0 aliphatic heterocycles. The van der Waals surface area contributed by atoms with Crippen molar-refractivity contribution in [3.05, 3.63) is 35.8 Å². The van der Waals surface area contributed by atoms with Gasteiger partial charge in [0.25, 0.3) is 0 Å².